The van der Waals surface area contributed by atoms with E-state index < -0.39 is 0 Å². The van der Waals surface area contributed by atoms with Gasteiger partial charge in [-0.05, 0) is 13.3 Å². The Balaban J connectivity index is 2.90. The third kappa shape index (κ3) is 7.56. The molecule has 0 aromatic heterocycles. The van der Waals surface area contributed by atoms with E-state index >= 15 is 0 Å². The van der Waals surface area contributed by atoms with E-state index in [2.05, 4.69) is 25.7 Å². The van der Waals surface area contributed by atoms with Gasteiger partial charge in [0.1, 0.15) is 0 Å². The fraction of sp³-hybridized carbons (Fsp3) is 0.700. The molecular weight excluding hydrogens is 120 g/mol. The molecule has 0 aromatic carbocycles. The van der Waals surface area contributed by atoms with Crippen molar-refractivity contribution < 1.29 is 0 Å². The molecule has 0 atom stereocenters. The van der Waals surface area contributed by atoms with Crippen LogP contribution in [0.3, 0.4) is 0 Å². The van der Waals surface area contributed by atoms with E-state index in [1.807, 2.05) is 0 Å². The average molecular weight is 137 g/mol. The second-order valence-electron chi connectivity index (χ2n) is 2.41. The summed E-state index contributed by atoms with van der Waals surface area (Å²) < 4.78 is 0. The Morgan fingerprint density at radius 2 is 1.90 bits per heavy atom. The van der Waals surface area contributed by atoms with Gasteiger partial charge in [-0.2, -0.15) is 0 Å². The lowest BCUT2D eigenvalue weighted by Crippen LogP contribution is -1.73. The fourth-order valence-corrected chi connectivity index (χ4v) is 0.817. The molecule has 1 radical (unpaired) electrons. The molecule has 0 unspecified atom stereocenters. The Morgan fingerprint density at radius 1 is 1.10 bits per heavy atom. The summed E-state index contributed by atoms with van der Waals surface area (Å²) in [6.45, 7) is 5.87. The molecule has 0 aliphatic rings. The number of unbranched alkanes of at least 4 members (excludes halogenated alkanes) is 4. The molecule has 0 saturated carbocycles. The van der Waals surface area contributed by atoms with E-state index in [0.717, 1.165) is 12.8 Å². The lowest BCUT2D eigenvalue weighted by molar-refractivity contribution is 0.679. The van der Waals surface area contributed by atoms with Crippen LogP contribution in [0, 0.1) is 18.8 Å². The summed E-state index contributed by atoms with van der Waals surface area (Å²) in [7, 11) is 0. The van der Waals surface area contributed by atoms with Crippen LogP contribution in [0.5, 0.6) is 0 Å². The van der Waals surface area contributed by atoms with Gasteiger partial charge in [0, 0.05) is 12.8 Å². The molecule has 0 aliphatic heterocycles. The van der Waals surface area contributed by atoms with Crippen molar-refractivity contribution in [2.24, 2.45) is 0 Å². The molecule has 0 aliphatic carbocycles. The lowest BCUT2D eigenvalue weighted by Gasteiger charge is -1.91. The van der Waals surface area contributed by atoms with E-state index in [4.69, 9.17) is 0 Å². The maximum atomic E-state index is 3.65. The van der Waals surface area contributed by atoms with Crippen LogP contribution in [-0.4, -0.2) is 0 Å². The number of hydrogen-bond donors (Lipinski definition) is 0. The molecular formula is C10H17. The molecule has 0 aromatic rings. The fourth-order valence-electron chi connectivity index (χ4n) is 0.817. The van der Waals surface area contributed by atoms with Crippen molar-refractivity contribution in [1.29, 1.82) is 0 Å². The first kappa shape index (κ1) is 9.56. The standard InChI is InChI=1S/C10H17/c1-3-5-7-9-10-8-6-4-2/h1,3-4,6,8-10H2,2H3. The maximum absolute atomic E-state index is 3.65. The molecule has 0 heterocycles. The molecule has 0 spiro atoms. The van der Waals surface area contributed by atoms with Crippen molar-refractivity contribution in [2.75, 3.05) is 0 Å². The third-order valence-electron chi connectivity index (χ3n) is 1.41. The zero-order valence-electron chi connectivity index (χ0n) is 6.95. The highest BCUT2D eigenvalue weighted by molar-refractivity contribution is 4.98. The van der Waals surface area contributed by atoms with E-state index in [1.54, 1.807) is 0 Å². The zero-order valence-corrected chi connectivity index (χ0v) is 6.95. The maximum Gasteiger partial charge on any atom is 0.00890 e. The minimum atomic E-state index is 0.758. The first-order valence-electron chi connectivity index (χ1n) is 4.16. The van der Waals surface area contributed by atoms with Gasteiger partial charge in [-0.1, -0.05) is 26.2 Å². The Morgan fingerprint density at radius 3 is 2.50 bits per heavy atom. The third-order valence-corrected chi connectivity index (χ3v) is 1.41. The highest BCUT2D eigenvalue weighted by atomic mass is 13.9. The molecule has 0 nitrogen and oxygen atoms in total. The van der Waals surface area contributed by atoms with Crippen LogP contribution in [0.15, 0.2) is 0 Å². The molecule has 0 rings (SSSR count). The van der Waals surface area contributed by atoms with Crippen LogP contribution in [0.4, 0.5) is 0 Å². The highest BCUT2D eigenvalue weighted by Crippen LogP contribution is 2.00. The number of rotatable bonds is 4. The van der Waals surface area contributed by atoms with Crippen LogP contribution in [0.25, 0.3) is 0 Å². The summed E-state index contributed by atoms with van der Waals surface area (Å²) in [6, 6.07) is 0. The van der Waals surface area contributed by atoms with Crippen molar-refractivity contribution in [3.63, 3.8) is 0 Å². The zero-order chi connectivity index (χ0) is 7.66. The second-order valence-corrected chi connectivity index (χ2v) is 2.41. The quantitative estimate of drug-likeness (QED) is 0.412. The molecule has 0 N–H and O–H groups in total. The Bertz CT molecular complexity index is 103. The van der Waals surface area contributed by atoms with Gasteiger partial charge in [0.2, 0.25) is 0 Å². The smallest absolute Gasteiger partial charge is 0.00890 e. The largest absolute Gasteiger partial charge is 0.103 e. The first-order chi connectivity index (χ1) is 4.91. The molecule has 0 saturated heterocycles. The molecule has 10 heavy (non-hydrogen) atoms. The average Bonchev–Trinajstić information content (AvgIpc) is 1.97. The van der Waals surface area contributed by atoms with Gasteiger partial charge < -0.3 is 0 Å². The first-order valence-corrected chi connectivity index (χ1v) is 4.16. The summed E-state index contributed by atoms with van der Waals surface area (Å²) in [6.07, 6.45) is 7.08. The summed E-state index contributed by atoms with van der Waals surface area (Å²) in [5.74, 6) is 6.05. The molecule has 0 amide bonds. The summed E-state index contributed by atoms with van der Waals surface area (Å²) >= 11 is 0. The van der Waals surface area contributed by atoms with E-state index in [9.17, 15) is 0 Å². The monoisotopic (exact) mass is 137 g/mol. The van der Waals surface area contributed by atoms with Crippen LogP contribution >= 0.6 is 0 Å². The highest BCUT2D eigenvalue weighted by Gasteiger charge is 1.82. The molecule has 57 valence electrons. The van der Waals surface area contributed by atoms with Crippen LogP contribution in [0.1, 0.15) is 45.4 Å². The van der Waals surface area contributed by atoms with Crippen LogP contribution < -0.4 is 0 Å². The number of hydrogen-bond acceptors (Lipinski definition) is 0. The summed E-state index contributed by atoms with van der Waals surface area (Å²) in [5.41, 5.74) is 0. The Labute approximate surface area is 65.0 Å². The van der Waals surface area contributed by atoms with Gasteiger partial charge in [0.05, 0.1) is 0 Å². The lowest BCUT2D eigenvalue weighted by atomic mass is 10.1. The minimum Gasteiger partial charge on any atom is -0.103 e. The van der Waals surface area contributed by atoms with E-state index in [0.29, 0.717) is 0 Å². The molecule has 0 fully saturated rings. The van der Waals surface area contributed by atoms with Gasteiger partial charge in [-0.3, -0.25) is 0 Å². The van der Waals surface area contributed by atoms with Crippen LogP contribution in [-0.2, 0) is 0 Å². The van der Waals surface area contributed by atoms with Crippen LogP contribution in [0.2, 0.25) is 0 Å². The molecule has 0 heteroatoms. The van der Waals surface area contributed by atoms with Crippen molar-refractivity contribution in [3.05, 3.63) is 6.92 Å². The normalized spacial score (nSPS) is 8.60. The van der Waals surface area contributed by atoms with Crippen molar-refractivity contribution in [2.45, 2.75) is 45.4 Å². The molecule has 0 bridgehead atoms. The van der Waals surface area contributed by atoms with Crippen molar-refractivity contribution in [1.82, 2.24) is 0 Å². The predicted molar refractivity (Wildman–Crippen MR) is 46.5 cm³/mol. The predicted octanol–water partition coefficient (Wildman–Crippen LogP) is 3.18. The SMILES string of the molecule is [CH2]CC#CCCCCCC. The second kappa shape index (κ2) is 8.56. The topological polar surface area (TPSA) is 0 Å². The van der Waals surface area contributed by atoms with Gasteiger partial charge in [-0.25, -0.2) is 0 Å². The van der Waals surface area contributed by atoms with Crippen molar-refractivity contribution >= 4 is 0 Å². The summed E-state index contributed by atoms with van der Waals surface area (Å²) in [4.78, 5) is 0. The Kier molecular flexibility index (Phi) is 8.18. The van der Waals surface area contributed by atoms with Gasteiger partial charge in [0.25, 0.3) is 0 Å². The van der Waals surface area contributed by atoms with E-state index in [1.165, 1.54) is 25.7 Å². The summed E-state index contributed by atoms with van der Waals surface area (Å²) in [5, 5.41) is 0. The Hall–Kier alpha value is -0.440. The van der Waals surface area contributed by atoms with E-state index in [-0.39, 0.29) is 0 Å². The van der Waals surface area contributed by atoms with Gasteiger partial charge in [0.15, 0.2) is 0 Å². The van der Waals surface area contributed by atoms with Gasteiger partial charge >= 0.3 is 0 Å². The minimum absolute atomic E-state index is 0.758. The van der Waals surface area contributed by atoms with Crippen molar-refractivity contribution in [3.8, 4) is 11.8 Å². The van der Waals surface area contributed by atoms with Gasteiger partial charge in [-0.15, -0.1) is 11.8 Å².